The molecule has 0 saturated carbocycles. The van der Waals surface area contributed by atoms with Gasteiger partial charge in [0.1, 0.15) is 5.75 Å². The zero-order valence-electron chi connectivity index (χ0n) is 13.9. The summed E-state index contributed by atoms with van der Waals surface area (Å²) in [6.45, 7) is 1.09. The summed E-state index contributed by atoms with van der Waals surface area (Å²) in [7, 11) is 0. The van der Waals surface area contributed by atoms with Crippen molar-refractivity contribution in [3.63, 3.8) is 0 Å². The number of amides is 1. The Morgan fingerprint density at radius 3 is 2.92 bits per heavy atom. The van der Waals surface area contributed by atoms with Crippen LogP contribution in [0.2, 0.25) is 0 Å². The van der Waals surface area contributed by atoms with E-state index in [4.69, 9.17) is 4.74 Å². The second kappa shape index (κ2) is 6.93. The number of benzene rings is 2. The molecule has 0 unspecified atom stereocenters. The third-order valence-corrected chi connectivity index (χ3v) is 4.73. The van der Waals surface area contributed by atoms with Gasteiger partial charge in [-0.2, -0.15) is 0 Å². The molecule has 0 aliphatic carbocycles. The Morgan fingerprint density at radius 1 is 1.12 bits per heavy atom. The van der Waals surface area contributed by atoms with E-state index in [1.807, 2.05) is 54.6 Å². The highest BCUT2D eigenvalue weighted by Crippen LogP contribution is 2.26. The van der Waals surface area contributed by atoms with Crippen molar-refractivity contribution in [3.8, 4) is 5.75 Å². The number of nitrogens with zero attached hydrogens (tertiary/aromatic N) is 1. The predicted octanol–water partition coefficient (Wildman–Crippen LogP) is 3.49. The lowest BCUT2D eigenvalue weighted by atomic mass is 9.96. The quantitative estimate of drug-likeness (QED) is 0.799. The van der Waals surface area contributed by atoms with E-state index in [0.717, 1.165) is 40.6 Å². The summed E-state index contributed by atoms with van der Waals surface area (Å²) in [6.07, 6.45) is 3.25. The molecule has 4 heteroatoms. The molecule has 3 aromatic rings. The topological polar surface area (TPSA) is 51.2 Å². The fraction of sp³-hybridized carbons (Fsp3) is 0.238. The first-order valence-electron chi connectivity index (χ1n) is 8.62. The smallest absolute Gasteiger partial charge is 0.223 e. The predicted molar refractivity (Wildman–Crippen MR) is 97.3 cm³/mol. The van der Waals surface area contributed by atoms with E-state index >= 15 is 0 Å². The number of ether oxygens (including phenoxy) is 1. The molecule has 2 aromatic carbocycles. The van der Waals surface area contributed by atoms with Gasteiger partial charge >= 0.3 is 0 Å². The van der Waals surface area contributed by atoms with Crippen LogP contribution in [0.15, 0.2) is 60.8 Å². The van der Waals surface area contributed by atoms with Crippen LogP contribution in [-0.2, 0) is 17.8 Å². The minimum atomic E-state index is -0.0586. The highest BCUT2D eigenvalue weighted by Gasteiger charge is 2.23. The van der Waals surface area contributed by atoms with Gasteiger partial charge in [0.15, 0.2) is 0 Å². The highest BCUT2D eigenvalue weighted by molar-refractivity contribution is 5.83. The first-order valence-corrected chi connectivity index (χ1v) is 8.62. The molecular weight excluding hydrogens is 312 g/mol. The van der Waals surface area contributed by atoms with Crippen molar-refractivity contribution < 1.29 is 9.53 Å². The molecule has 0 fully saturated rings. The van der Waals surface area contributed by atoms with Gasteiger partial charge < -0.3 is 10.1 Å². The van der Waals surface area contributed by atoms with Crippen molar-refractivity contribution >= 4 is 16.8 Å². The number of nitrogens with one attached hydrogen (secondary N) is 1. The van der Waals surface area contributed by atoms with Crippen LogP contribution in [0.1, 0.15) is 17.5 Å². The molecule has 2 heterocycles. The Morgan fingerprint density at radius 2 is 1.96 bits per heavy atom. The number of aromatic nitrogens is 1. The maximum absolute atomic E-state index is 12.7. The van der Waals surface area contributed by atoms with Crippen LogP contribution in [0.5, 0.6) is 5.75 Å². The van der Waals surface area contributed by atoms with E-state index in [2.05, 4.69) is 10.3 Å². The fourth-order valence-electron chi connectivity index (χ4n) is 3.35. The number of hydrogen-bond donors (Lipinski definition) is 1. The molecule has 4 nitrogen and oxygen atoms in total. The largest absolute Gasteiger partial charge is 0.493 e. The molecule has 25 heavy (non-hydrogen) atoms. The molecule has 4 rings (SSSR count). The van der Waals surface area contributed by atoms with Crippen molar-refractivity contribution in [1.29, 1.82) is 0 Å². The molecule has 0 bridgehead atoms. The monoisotopic (exact) mass is 332 g/mol. The standard InChI is InChI=1S/C21H20N2O2/c24-21(16-10-12-25-20-8-4-1-5-15(20)13-16)23-14-17-9-11-22-19-7-3-2-6-18(17)19/h1-9,11,16H,10,12-14H2,(H,23,24)/t16-/m0/s1. The summed E-state index contributed by atoms with van der Waals surface area (Å²) in [5.41, 5.74) is 3.14. The lowest BCUT2D eigenvalue weighted by Crippen LogP contribution is -2.31. The summed E-state index contributed by atoms with van der Waals surface area (Å²) in [4.78, 5) is 17.1. The van der Waals surface area contributed by atoms with Crippen LogP contribution in [0, 0.1) is 5.92 Å². The lowest BCUT2D eigenvalue weighted by Gasteiger charge is -2.14. The fourth-order valence-corrected chi connectivity index (χ4v) is 3.35. The third-order valence-electron chi connectivity index (χ3n) is 4.73. The Labute approximate surface area is 146 Å². The lowest BCUT2D eigenvalue weighted by molar-refractivity contribution is -0.125. The van der Waals surface area contributed by atoms with E-state index in [9.17, 15) is 4.79 Å². The first-order chi connectivity index (χ1) is 12.3. The number of fused-ring (bicyclic) bond motifs is 2. The maximum Gasteiger partial charge on any atom is 0.223 e. The first kappa shape index (κ1) is 15.6. The maximum atomic E-state index is 12.7. The average molecular weight is 332 g/mol. The molecule has 1 amide bonds. The van der Waals surface area contributed by atoms with Gasteiger partial charge in [-0.25, -0.2) is 0 Å². The van der Waals surface area contributed by atoms with Crippen LogP contribution in [0.3, 0.4) is 0 Å². The normalized spacial score (nSPS) is 16.6. The number of hydrogen-bond acceptors (Lipinski definition) is 3. The molecule has 0 spiro atoms. The molecule has 1 aliphatic rings. The molecule has 126 valence electrons. The molecular formula is C21H20N2O2. The molecule has 1 aromatic heterocycles. The Hall–Kier alpha value is -2.88. The summed E-state index contributed by atoms with van der Waals surface area (Å²) >= 11 is 0. The van der Waals surface area contributed by atoms with Crippen molar-refractivity contribution in [3.05, 3.63) is 71.9 Å². The van der Waals surface area contributed by atoms with E-state index < -0.39 is 0 Å². The van der Waals surface area contributed by atoms with Crippen LogP contribution >= 0.6 is 0 Å². The van der Waals surface area contributed by atoms with Crippen molar-refractivity contribution in [2.45, 2.75) is 19.4 Å². The summed E-state index contributed by atoms with van der Waals surface area (Å²) in [6, 6.07) is 17.9. The zero-order chi connectivity index (χ0) is 17.1. The number of rotatable bonds is 3. The summed E-state index contributed by atoms with van der Waals surface area (Å²) in [5, 5.41) is 4.18. The molecule has 0 saturated heterocycles. The van der Waals surface area contributed by atoms with Gasteiger partial charge in [-0.15, -0.1) is 0 Å². The van der Waals surface area contributed by atoms with Gasteiger partial charge in [0.2, 0.25) is 5.91 Å². The Bertz CT molecular complexity index is 902. The second-order valence-electron chi connectivity index (χ2n) is 6.35. The minimum Gasteiger partial charge on any atom is -0.493 e. The van der Waals surface area contributed by atoms with Crippen LogP contribution in [-0.4, -0.2) is 17.5 Å². The number of pyridine rings is 1. The van der Waals surface area contributed by atoms with Crippen molar-refractivity contribution in [2.24, 2.45) is 5.92 Å². The summed E-state index contributed by atoms with van der Waals surface area (Å²) < 4.78 is 5.76. The van der Waals surface area contributed by atoms with Crippen LogP contribution < -0.4 is 10.1 Å². The molecule has 1 N–H and O–H groups in total. The van der Waals surface area contributed by atoms with E-state index in [-0.39, 0.29) is 11.8 Å². The Kier molecular flexibility index (Phi) is 4.34. The third kappa shape index (κ3) is 3.33. The highest BCUT2D eigenvalue weighted by atomic mass is 16.5. The number of carbonyl (C=O) groups is 1. The van der Waals surface area contributed by atoms with Gasteiger partial charge in [-0.3, -0.25) is 9.78 Å². The Balaban J connectivity index is 1.47. The molecule has 0 radical (unpaired) electrons. The summed E-state index contributed by atoms with van der Waals surface area (Å²) in [5.74, 6) is 0.927. The minimum absolute atomic E-state index is 0.0586. The van der Waals surface area contributed by atoms with Crippen LogP contribution in [0.4, 0.5) is 0 Å². The molecule has 1 aliphatic heterocycles. The van der Waals surface area contributed by atoms with Crippen molar-refractivity contribution in [1.82, 2.24) is 10.3 Å². The van der Waals surface area contributed by atoms with E-state index in [0.29, 0.717) is 13.2 Å². The van der Waals surface area contributed by atoms with Gasteiger partial charge in [-0.05, 0) is 42.2 Å². The SMILES string of the molecule is O=C(NCc1ccnc2ccccc12)[C@H]1CCOc2ccccc2C1. The van der Waals surface area contributed by atoms with E-state index in [1.165, 1.54) is 0 Å². The van der Waals surface area contributed by atoms with E-state index in [1.54, 1.807) is 6.20 Å². The molecule has 1 atom stereocenters. The zero-order valence-corrected chi connectivity index (χ0v) is 13.9. The van der Waals surface area contributed by atoms with Gasteiger partial charge in [0.05, 0.1) is 12.1 Å². The van der Waals surface area contributed by atoms with Gasteiger partial charge in [-0.1, -0.05) is 36.4 Å². The van der Waals surface area contributed by atoms with Gasteiger partial charge in [0.25, 0.3) is 0 Å². The second-order valence-corrected chi connectivity index (χ2v) is 6.35. The number of para-hydroxylation sites is 2. The van der Waals surface area contributed by atoms with Crippen LogP contribution in [0.25, 0.3) is 10.9 Å². The number of carbonyl (C=O) groups excluding carboxylic acids is 1. The van der Waals surface area contributed by atoms with Crippen molar-refractivity contribution in [2.75, 3.05) is 6.61 Å². The average Bonchev–Trinajstić information content (AvgIpc) is 2.88. The van der Waals surface area contributed by atoms with Gasteiger partial charge in [0, 0.05) is 24.0 Å².